The van der Waals surface area contributed by atoms with Gasteiger partial charge >= 0.3 is 0 Å². The van der Waals surface area contributed by atoms with Gasteiger partial charge < -0.3 is 9.84 Å². The van der Waals surface area contributed by atoms with Crippen LogP contribution in [-0.2, 0) is 16.9 Å². The summed E-state index contributed by atoms with van der Waals surface area (Å²) >= 11 is 0. The first-order valence-corrected chi connectivity index (χ1v) is 12.4. The van der Waals surface area contributed by atoms with E-state index in [1.54, 1.807) is 0 Å². The van der Waals surface area contributed by atoms with Crippen molar-refractivity contribution in [1.29, 1.82) is 0 Å². The zero-order valence-corrected chi connectivity index (χ0v) is 20.3. The van der Waals surface area contributed by atoms with E-state index < -0.39 is 11.6 Å². The van der Waals surface area contributed by atoms with Crippen LogP contribution < -0.4 is 5.32 Å². The zero-order chi connectivity index (χ0) is 24.6. The van der Waals surface area contributed by atoms with E-state index in [2.05, 4.69) is 102 Å². The highest BCUT2D eigenvalue weighted by atomic mass is 16.5. The average molecular weight is 474 g/mol. The second kappa shape index (κ2) is 11.3. The first kappa shape index (κ1) is 24.0. The van der Waals surface area contributed by atoms with Gasteiger partial charge in [0.2, 0.25) is 0 Å². The van der Waals surface area contributed by atoms with Crippen LogP contribution in [0.4, 0.5) is 0 Å². The molecule has 0 aromatic heterocycles. The van der Waals surface area contributed by atoms with Crippen LogP contribution in [0.25, 0.3) is 10.8 Å². The van der Waals surface area contributed by atoms with Crippen molar-refractivity contribution >= 4 is 10.8 Å². The summed E-state index contributed by atoms with van der Waals surface area (Å²) in [6, 6.07) is 45.8. The molecule has 5 rings (SSSR count). The molecule has 0 amide bonds. The predicted octanol–water partition coefficient (Wildman–Crippen LogP) is 6.30. The maximum atomic E-state index is 11.0. The van der Waals surface area contributed by atoms with Crippen LogP contribution >= 0.6 is 0 Å². The number of ether oxygens (including phenoxy) is 1. The van der Waals surface area contributed by atoms with Gasteiger partial charge in [-0.15, -0.1) is 0 Å². The van der Waals surface area contributed by atoms with E-state index in [0.717, 1.165) is 22.3 Å². The lowest BCUT2D eigenvalue weighted by Gasteiger charge is -2.37. The number of hydrogen-bond donors (Lipinski definition) is 2. The van der Waals surface area contributed by atoms with E-state index in [9.17, 15) is 5.11 Å². The average Bonchev–Trinajstić information content (AvgIpc) is 2.95. The van der Waals surface area contributed by atoms with Crippen LogP contribution in [0.2, 0.25) is 0 Å². The van der Waals surface area contributed by atoms with Gasteiger partial charge in [0.05, 0.1) is 24.9 Å². The van der Waals surface area contributed by atoms with Crippen molar-refractivity contribution in [2.45, 2.75) is 18.2 Å². The van der Waals surface area contributed by atoms with Crippen molar-refractivity contribution < 1.29 is 9.84 Å². The van der Waals surface area contributed by atoms with Gasteiger partial charge in [-0.25, -0.2) is 0 Å². The second-order valence-electron chi connectivity index (χ2n) is 9.04. The van der Waals surface area contributed by atoms with Crippen molar-refractivity contribution in [2.75, 3.05) is 13.2 Å². The van der Waals surface area contributed by atoms with Crippen LogP contribution in [0.5, 0.6) is 0 Å². The number of benzene rings is 5. The van der Waals surface area contributed by atoms with Crippen LogP contribution in [0.1, 0.15) is 22.3 Å². The topological polar surface area (TPSA) is 41.5 Å². The van der Waals surface area contributed by atoms with E-state index in [4.69, 9.17) is 4.74 Å². The van der Waals surface area contributed by atoms with E-state index >= 15 is 0 Å². The highest BCUT2D eigenvalue weighted by molar-refractivity contribution is 5.85. The van der Waals surface area contributed by atoms with Gasteiger partial charge in [-0.1, -0.05) is 133 Å². The number of aliphatic hydroxyl groups is 1. The lowest BCUT2D eigenvalue weighted by molar-refractivity contribution is 0.0270. The number of fused-ring (bicyclic) bond motifs is 1. The Hall–Kier alpha value is -3.76. The summed E-state index contributed by atoms with van der Waals surface area (Å²) in [7, 11) is 0. The smallest absolute Gasteiger partial charge is 0.0948 e. The predicted molar refractivity (Wildman–Crippen MR) is 147 cm³/mol. The summed E-state index contributed by atoms with van der Waals surface area (Å²) in [6.45, 7) is 1.07. The van der Waals surface area contributed by atoms with Crippen molar-refractivity contribution in [3.63, 3.8) is 0 Å². The molecule has 3 heteroatoms. The molecular formula is C33H31NO2. The Bertz CT molecular complexity index is 1270. The normalized spacial score (nSPS) is 12.5. The highest BCUT2D eigenvalue weighted by Gasteiger charge is 2.36. The molecule has 1 atom stereocenters. The molecule has 180 valence electrons. The lowest BCUT2D eigenvalue weighted by atomic mass is 9.77. The molecule has 0 aliphatic carbocycles. The number of rotatable bonds is 10. The van der Waals surface area contributed by atoms with E-state index in [1.165, 1.54) is 10.8 Å². The summed E-state index contributed by atoms with van der Waals surface area (Å²) < 4.78 is 5.98. The molecule has 0 bridgehead atoms. The number of nitrogens with one attached hydrogen (secondary N) is 1. The Morgan fingerprint density at radius 2 is 1.11 bits per heavy atom. The molecule has 0 aliphatic rings. The SMILES string of the molecule is O[C@@H](CNC(c1ccccc1)(c1ccccc1)c1ccccc1)COCc1cccc2ccccc12. The first-order chi connectivity index (χ1) is 17.8. The Labute approximate surface area is 213 Å². The Morgan fingerprint density at radius 1 is 0.611 bits per heavy atom. The third-order valence-corrected chi connectivity index (χ3v) is 6.67. The van der Waals surface area contributed by atoms with E-state index in [0.29, 0.717) is 13.2 Å². The van der Waals surface area contributed by atoms with Crippen LogP contribution in [0, 0.1) is 0 Å². The maximum Gasteiger partial charge on any atom is 0.0948 e. The Balaban J connectivity index is 1.36. The molecule has 0 fully saturated rings. The quantitative estimate of drug-likeness (QED) is 0.234. The Kier molecular flexibility index (Phi) is 7.53. The molecule has 36 heavy (non-hydrogen) atoms. The molecule has 2 N–H and O–H groups in total. The summed E-state index contributed by atoms with van der Waals surface area (Å²) in [6.07, 6.45) is -0.671. The van der Waals surface area contributed by atoms with E-state index in [1.807, 2.05) is 36.4 Å². The second-order valence-corrected chi connectivity index (χ2v) is 9.04. The monoisotopic (exact) mass is 473 g/mol. The molecule has 0 radical (unpaired) electrons. The van der Waals surface area contributed by atoms with Gasteiger partial charge in [-0.2, -0.15) is 0 Å². The molecule has 3 nitrogen and oxygen atoms in total. The number of hydrogen-bond acceptors (Lipinski definition) is 3. The minimum Gasteiger partial charge on any atom is -0.389 e. The lowest BCUT2D eigenvalue weighted by Crippen LogP contribution is -2.48. The third kappa shape index (κ3) is 5.09. The van der Waals surface area contributed by atoms with Gasteiger partial charge in [-0.3, -0.25) is 5.32 Å². The molecule has 5 aromatic rings. The largest absolute Gasteiger partial charge is 0.389 e. The molecule has 0 aliphatic heterocycles. The van der Waals surface area contributed by atoms with Gasteiger partial charge in [0, 0.05) is 6.54 Å². The molecule has 0 saturated heterocycles. The van der Waals surface area contributed by atoms with Crippen molar-refractivity contribution in [3.8, 4) is 0 Å². The third-order valence-electron chi connectivity index (χ3n) is 6.67. The molecule has 0 heterocycles. The summed E-state index contributed by atoms with van der Waals surface area (Å²) in [5, 5.41) is 17.1. The molecule has 0 saturated carbocycles. The summed E-state index contributed by atoms with van der Waals surface area (Å²) in [5.74, 6) is 0. The first-order valence-electron chi connectivity index (χ1n) is 12.4. The van der Waals surface area contributed by atoms with Crippen molar-refractivity contribution in [1.82, 2.24) is 5.32 Å². The standard InChI is InChI=1S/C33H31NO2/c35-31(25-36-24-27-15-12-14-26-13-10-11-22-32(26)27)23-34-33(28-16-4-1-5-17-28,29-18-6-2-7-19-29)30-20-8-3-9-21-30/h1-22,31,34-35H,23-25H2/t31-/m0/s1. The van der Waals surface area contributed by atoms with Crippen LogP contribution in [-0.4, -0.2) is 24.4 Å². The molecular weight excluding hydrogens is 442 g/mol. The fourth-order valence-electron chi connectivity index (χ4n) is 4.92. The molecule has 0 spiro atoms. The van der Waals surface area contributed by atoms with Gasteiger partial charge in [0.1, 0.15) is 0 Å². The van der Waals surface area contributed by atoms with Gasteiger partial charge in [0.25, 0.3) is 0 Å². The highest BCUT2D eigenvalue weighted by Crippen LogP contribution is 2.36. The minimum absolute atomic E-state index is 0.241. The maximum absolute atomic E-state index is 11.0. The van der Waals surface area contributed by atoms with Crippen LogP contribution in [0.3, 0.4) is 0 Å². The molecule has 5 aromatic carbocycles. The minimum atomic E-state index is -0.671. The Morgan fingerprint density at radius 3 is 1.69 bits per heavy atom. The summed E-state index contributed by atoms with van der Waals surface area (Å²) in [4.78, 5) is 0. The van der Waals surface area contributed by atoms with Crippen molar-refractivity contribution in [2.24, 2.45) is 0 Å². The fourth-order valence-corrected chi connectivity index (χ4v) is 4.92. The fraction of sp³-hybridized carbons (Fsp3) is 0.152. The van der Waals surface area contributed by atoms with Gasteiger partial charge in [0.15, 0.2) is 0 Å². The zero-order valence-electron chi connectivity index (χ0n) is 20.3. The van der Waals surface area contributed by atoms with Crippen molar-refractivity contribution in [3.05, 3.63) is 156 Å². The van der Waals surface area contributed by atoms with Crippen LogP contribution in [0.15, 0.2) is 133 Å². The number of aliphatic hydroxyl groups excluding tert-OH is 1. The van der Waals surface area contributed by atoms with Gasteiger partial charge in [-0.05, 0) is 33.0 Å². The molecule has 0 unspecified atom stereocenters. The van der Waals surface area contributed by atoms with E-state index in [-0.39, 0.29) is 6.61 Å². The summed E-state index contributed by atoms with van der Waals surface area (Å²) in [5.41, 5.74) is 3.87.